The van der Waals surface area contributed by atoms with Crippen LogP contribution in [-0.4, -0.2) is 35.6 Å². The molecule has 0 unspecified atom stereocenters. The number of hydrogen-bond acceptors (Lipinski definition) is 5. The van der Waals surface area contributed by atoms with Crippen molar-refractivity contribution in [1.82, 2.24) is 0 Å². The summed E-state index contributed by atoms with van der Waals surface area (Å²) in [6, 6.07) is 19.6. The largest absolute Gasteiger partial charge is 0.497 e. The molecule has 0 saturated heterocycles. The summed E-state index contributed by atoms with van der Waals surface area (Å²) in [7, 11) is 0.766. The highest BCUT2D eigenvalue weighted by molar-refractivity contribution is 7.92. The third-order valence-electron chi connectivity index (χ3n) is 4.55. The number of methoxy groups -OCH3 is 2. The van der Waals surface area contributed by atoms with E-state index < -0.39 is 15.9 Å². The first-order valence-corrected chi connectivity index (χ1v) is 10.5. The van der Waals surface area contributed by atoms with E-state index in [-0.39, 0.29) is 4.90 Å². The summed E-state index contributed by atoms with van der Waals surface area (Å²) in [5, 5.41) is 2.76. The molecule has 3 aromatic rings. The summed E-state index contributed by atoms with van der Waals surface area (Å²) >= 11 is 0. The summed E-state index contributed by atoms with van der Waals surface area (Å²) in [6.45, 7) is 0. The SMILES string of the molecule is COc1ccc(OC)c(NC(=O)c2ccc(S(=O)(=O)N(C)c3ccccc3)cc2)c1. The predicted molar refractivity (Wildman–Crippen MR) is 116 cm³/mol. The summed E-state index contributed by atoms with van der Waals surface area (Å²) in [5.74, 6) is 0.645. The van der Waals surface area contributed by atoms with Crippen molar-refractivity contribution in [2.45, 2.75) is 4.90 Å². The second kappa shape index (κ2) is 8.87. The molecule has 0 aliphatic carbocycles. The van der Waals surface area contributed by atoms with Gasteiger partial charge in [0.2, 0.25) is 0 Å². The molecule has 0 aromatic heterocycles. The molecule has 3 rings (SSSR count). The van der Waals surface area contributed by atoms with Gasteiger partial charge in [0.25, 0.3) is 15.9 Å². The highest BCUT2D eigenvalue weighted by atomic mass is 32.2. The van der Waals surface area contributed by atoms with E-state index in [2.05, 4.69) is 5.32 Å². The van der Waals surface area contributed by atoms with E-state index in [1.54, 1.807) is 42.5 Å². The maximum Gasteiger partial charge on any atom is 0.264 e. The number of carbonyl (C=O) groups is 1. The number of sulfonamides is 1. The number of benzene rings is 3. The molecule has 0 spiro atoms. The number of carbonyl (C=O) groups excluding carboxylic acids is 1. The summed E-state index contributed by atoms with van der Waals surface area (Å²) in [4.78, 5) is 12.7. The molecular formula is C22H22N2O5S. The number of ether oxygens (including phenoxy) is 2. The van der Waals surface area contributed by atoms with Gasteiger partial charge in [-0.15, -0.1) is 0 Å². The van der Waals surface area contributed by atoms with Gasteiger partial charge in [0.15, 0.2) is 0 Å². The quantitative estimate of drug-likeness (QED) is 0.621. The normalized spacial score (nSPS) is 10.9. The van der Waals surface area contributed by atoms with Gasteiger partial charge in [0, 0.05) is 18.7 Å². The first-order chi connectivity index (χ1) is 14.4. The Morgan fingerprint density at radius 1 is 0.900 bits per heavy atom. The van der Waals surface area contributed by atoms with Gasteiger partial charge >= 0.3 is 0 Å². The molecule has 8 heteroatoms. The van der Waals surface area contributed by atoms with Gasteiger partial charge in [-0.1, -0.05) is 18.2 Å². The molecule has 156 valence electrons. The smallest absolute Gasteiger partial charge is 0.264 e. The van der Waals surface area contributed by atoms with Gasteiger partial charge in [-0.3, -0.25) is 9.10 Å². The van der Waals surface area contributed by atoms with E-state index in [0.29, 0.717) is 28.4 Å². The van der Waals surface area contributed by atoms with Crippen LogP contribution in [-0.2, 0) is 10.0 Å². The van der Waals surface area contributed by atoms with E-state index in [0.717, 1.165) is 0 Å². The molecule has 0 radical (unpaired) electrons. The van der Waals surface area contributed by atoms with Crippen LogP contribution in [0.3, 0.4) is 0 Å². The molecular weight excluding hydrogens is 404 g/mol. The lowest BCUT2D eigenvalue weighted by atomic mass is 10.2. The highest BCUT2D eigenvalue weighted by Gasteiger charge is 2.21. The Labute approximate surface area is 175 Å². The van der Waals surface area contributed by atoms with E-state index in [1.165, 1.54) is 49.8 Å². The lowest BCUT2D eigenvalue weighted by molar-refractivity contribution is 0.102. The number of anilines is 2. The van der Waals surface area contributed by atoms with E-state index in [9.17, 15) is 13.2 Å². The zero-order chi connectivity index (χ0) is 21.7. The first kappa shape index (κ1) is 21.2. The third kappa shape index (κ3) is 4.38. The molecule has 0 aliphatic rings. The maximum absolute atomic E-state index is 12.9. The Hall–Kier alpha value is -3.52. The fourth-order valence-electron chi connectivity index (χ4n) is 2.82. The van der Waals surface area contributed by atoms with Gasteiger partial charge in [0.05, 0.1) is 30.5 Å². The zero-order valence-corrected chi connectivity index (χ0v) is 17.6. The van der Waals surface area contributed by atoms with Crippen LogP contribution in [0.25, 0.3) is 0 Å². The van der Waals surface area contributed by atoms with Crippen LogP contribution in [0.1, 0.15) is 10.4 Å². The summed E-state index contributed by atoms with van der Waals surface area (Å²) in [6.07, 6.45) is 0. The van der Waals surface area contributed by atoms with Crippen molar-refractivity contribution in [2.75, 3.05) is 30.9 Å². The number of nitrogens with one attached hydrogen (secondary N) is 1. The number of para-hydroxylation sites is 1. The first-order valence-electron chi connectivity index (χ1n) is 9.04. The van der Waals surface area contributed by atoms with Gasteiger partial charge in [-0.2, -0.15) is 0 Å². The molecule has 3 aromatic carbocycles. The van der Waals surface area contributed by atoms with Gasteiger partial charge < -0.3 is 14.8 Å². The molecule has 1 amide bonds. The van der Waals surface area contributed by atoms with Crippen molar-refractivity contribution in [3.8, 4) is 11.5 Å². The Balaban J connectivity index is 1.81. The number of hydrogen-bond donors (Lipinski definition) is 1. The Morgan fingerprint density at radius 2 is 1.57 bits per heavy atom. The fourth-order valence-corrected chi connectivity index (χ4v) is 4.01. The lowest BCUT2D eigenvalue weighted by Gasteiger charge is -2.19. The van der Waals surface area contributed by atoms with Gasteiger partial charge in [0.1, 0.15) is 11.5 Å². The van der Waals surface area contributed by atoms with E-state index in [1.807, 2.05) is 6.07 Å². The second-order valence-corrected chi connectivity index (χ2v) is 8.32. The molecule has 7 nitrogen and oxygen atoms in total. The Morgan fingerprint density at radius 3 is 2.17 bits per heavy atom. The summed E-state index contributed by atoms with van der Waals surface area (Å²) in [5.41, 5.74) is 1.30. The highest BCUT2D eigenvalue weighted by Crippen LogP contribution is 2.29. The second-order valence-electron chi connectivity index (χ2n) is 6.35. The van der Waals surface area contributed by atoms with Crippen LogP contribution in [0.5, 0.6) is 11.5 Å². The van der Waals surface area contributed by atoms with E-state index in [4.69, 9.17) is 9.47 Å². The van der Waals surface area contributed by atoms with Crippen LogP contribution in [0.2, 0.25) is 0 Å². The molecule has 0 aliphatic heterocycles. The van der Waals surface area contributed by atoms with Gasteiger partial charge in [-0.05, 0) is 48.5 Å². The van der Waals surface area contributed by atoms with Crippen LogP contribution in [0, 0.1) is 0 Å². The standard InChI is InChI=1S/C22H22N2O5S/c1-24(17-7-5-4-6-8-17)30(26,27)19-12-9-16(10-13-19)22(25)23-20-15-18(28-2)11-14-21(20)29-3/h4-15H,1-3H3,(H,23,25). The Kier molecular flexibility index (Phi) is 6.27. The van der Waals surface area contributed by atoms with Crippen molar-refractivity contribution in [2.24, 2.45) is 0 Å². The molecule has 0 heterocycles. The molecule has 1 N–H and O–H groups in total. The minimum atomic E-state index is -3.75. The van der Waals surface area contributed by atoms with Crippen molar-refractivity contribution in [1.29, 1.82) is 0 Å². The fraction of sp³-hybridized carbons (Fsp3) is 0.136. The summed E-state index contributed by atoms with van der Waals surface area (Å²) < 4.78 is 37.3. The van der Waals surface area contributed by atoms with Crippen LogP contribution in [0.15, 0.2) is 77.7 Å². The van der Waals surface area contributed by atoms with Crippen LogP contribution >= 0.6 is 0 Å². The number of nitrogens with zero attached hydrogens (tertiary/aromatic N) is 1. The molecule has 0 atom stereocenters. The third-order valence-corrected chi connectivity index (χ3v) is 6.35. The van der Waals surface area contributed by atoms with Gasteiger partial charge in [-0.25, -0.2) is 8.42 Å². The predicted octanol–water partition coefficient (Wildman–Crippen LogP) is 3.78. The lowest BCUT2D eigenvalue weighted by Crippen LogP contribution is -2.26. The zero-order valence-electron chi connectivity index (χ0n) is 16.8. The average Bonchev–Trinajstić information content (AvgIpc) is 2.79. The minimum absolute atomic E-state index is 0.0874. The molecule has 0 bridgehead atoms. The Bertz CT molecular complexity index is 1130. The topological polar surface area (TPSA) is 84.9 Å². The van der Waals surface area contributed by atoms with Crippen LogP contribution in [0.4, 0.5) is 11.4 Å². The van der Waals surface area contributed by atoms with Crippen molar-refractivity contribution in [3.63, 3.8) is 0 Å². The molecule has 0 saturated carbocycles. The molecule has 0 fully saturated rings. The van der Waals surface area contributed by atoms with Crippen LogP contribution < -0.4 is 19.1 Å². The average molecular weight is 426 g/mol. The maximum atomic E-state index is 12.9. The van der Waals surface area contributed by atoms with Crippen molar-refractivity contribution < 1.29 is 22.7 Å². The minimum Gasteiger partial charge on any atom is -0.497 e. The van der Waals surface area contributed by atoms with Crippen molar-refractivity contribution in [3.05, 3.63) is 78.4 Å². The van der Waals surface area contributed by atoms with E-state index >= 15 is 0 Å². The number of rotatable bonds is 7. The molecule has 30 heavy (non-hydrogen) atoms. The monoisotopic (exact) mass is 426 g/mol. The van der Waals surface area contributed by atoms with Crippen molar-refractivity contribution >= 4 is 27.3 Å². The number of amides is 1.